The quantitative estimate of drug-likeness (QED) is 0.812. The van der Waals surface area contributed by atoms with Crippen LogP contribution in [-0.4, -0.2) is 41.2 Å². The number of anilines is 1. The van der Waals surface area contributed by atoms with Crippen molar-refractivity contribution >= 4 is 11.6 Å². The summed E-state index contributed by atoms with van der Waals surface area (Å²) in [6, 6.07) is 5.08. The van der Waals surface area contributed by atoms with Crippen molar-refractivity contribution in [3.05, 3.63) is 23.8 Å². The number of hydrogen-bond acceptors (Lipinski definition) is 4. The molecular weight excluding hydrogens is 256 g/mol. The Morgan fingerprint density at radius 3 is 2.75 bits per heavy atom. The largest absolute Gasteiger partial charge is 0.492 e. The number of β-amino-alcohol motifs (C(OH)–C–C–N with tert-alkyl or cyclic N) is 1. The number of nitrogens with two attached hydrogens (primary N) is 1. The molecule has 0 radical (unpaired) electrons. The molecule has 1 aromatic rings. The fourth-order valence-corrected chi connectivity index (χ4v) is 2.79. The highest BCUT2D eigenvalue weighted by molar-refractivity contribution is 5.96. The average molecular weight is 276 g/mol. The van der Waals surface area contributed by atoms with Crippen LogP contribution in [0.25, 0.3) is 0 Å². The van der Waals surface area contributed by atoms with Crippen LogP contribution in [0.1, 0.15) is 30.1 Å². The summed E-state index contributed by atoms with van der Waals surface area (Å²) in [5.74, 6) is 0.907. The Hall–Kier alpha value is -1.75. The van der Waals surface area contributed by atoms with Crippen LogP contribution >= 0.6 is 0 Å². The molecule has 5 heteroatoms. The molecule has 0 bridgehead atoms. The standard InChI is InChI=1S/C15H20N2O3/c1-2-20-13-6-3-10(7-12(13)16)14(18)17-8-15(19,9-17)11-4-5-11/h3,6-7,11,19H,2,4-5,8-9,16H2,1H3. The van der Waals surface area contributed by atoms with E-state index in [0.29, 0.717) is 42.6 Å². The lowest BCUT2D eigenvalue weighted by Gasteiger charge is -2.47. The van der Waals surface area contributed by atoms with Crippen molar-refractivity contribution in [2.24, 2.45) is 5.92 Å². The van der Waals surface area contributed by atoms with Crippen molar-refractivity contribution in [2.75, 3.05) is 25.4 Å². The van der Waals surface area contributed by atoms with Crippen LogP contribution < -0.4 is 10.5 Å². The van der Waals surface area contributed by atoms with Gasteiger partial charge in [0, 0.05) is 5.56 Å². The van der Waals surface area contributed by atoms with E-state index in [0.717, 1.165) is 12.8 Å². The molecule has 0 unspecified atom stereocenters. The number of nitrogens with zero attached hydrogens (tertiary/aromatic N) is 1. The minimum Gasteiger partial charge on any atom is -0.492 e. The van der Waals surface area contributed by atoms with Gasteiger partial charge in [-0.15, -0.1) is 0 Å². The smallest absolute Gasteiger partial charge is 0.254 e. The number of amides is 1. The maximum Gasteiger partial charge on any atom is 0.254 e. The van der Waals surface area contributed by atoms with Gasteiger partial charge in [0.25, 0.3) is 5.91 Å². The Morgan fingerprint density at radius 1 is 1.50 bits per heavy atom. The zero-order valence-electron chi connectivity index (χ0n) is 11.6. The Kier molecular flexibility index (Phi) is 3.09. The number of carbonyl (C=O) groups is 1. The summed E-state index contributed by atoms with van der Waals surface area (Å²) < 4.78 is 5.36. The lowest BCUT2D eigenvalue weighted by Crippen LogP contribution is -2.64. The summed E-state index contributed by atoms with van der Waals surface area (Å²) in [6.45, 7) is 3.29. The molecule has 1 saturated carbocycles. The summed E-state index contributed by atoms with van der Waals surface area (Å²) in [5.41, 5.74) is 6.24. The lowest BCUT2D eigenvalue weighted by molar-refractivity contribution is -0.0958. The number of nitrogen functional groups attached to an aromatic ring is 1. The first-order valence-electron chi connectivity index (χ1n) is 7.07. The normalized spacial score (nSPS) is 20.4. The zero-order chi connectivity index (χ0) is 14.3. The fraction of sp³-hybridized carbons (Fsp3) is 0.533. The molecule has 1 saturated heterocycles. The Morgan fingerprint density at radius 2 is 2.20 bits per heavy atom. The molecule has 1 aliphatic heterocycles. The van der Waals surface area contributed by atoms with Crippen molar-refractivity contribution in [3.63, 3.8) is 0 Å². The molecule has 1 aliphatic carbocycles. The topological polar surface area (TPSA) is 75.8 Å². The van der Waals surface area contributed by atoms with E-state index < -0.39 is 5.60 Å². The van der Waals surface area contributed by atoms with E-state index in [9.17, 15) is 9.90 Å². The van der Waals surface area contributed by atoms with Gasteiger partial charge in [-0.25, -0.2) is 0 Å². The third kappa shape index (κ3) is 2.22. The summed E-state index contributed by atoms with van der Waals surface area (Å²) in [4.78, 5) is 14.0. The predicted octanol–water partition coefficient (Wildman–Crippen LogP) is 1.26. The van der Waals surface area contributed by atoms with Gasteiger partial charge < -0.3 is 20.5 Å². The van der Waals surface area contributed by atoms with Crippen LogP contribution in [0.15, 0.2) is 18.2 Å². The number of ether oxygens (including phenoxy) is 1. The predicted molar refractivity (Wildman–Crippen MR) is 75.6 cm³/mol. The first kappa shape index (κ1) is 13.2. The molecule has 2 aliphatic rings. The van der Waals surface area contributed by atoms with E-state index in [-0.39, 0.29) is 5.91 Å². The molecule has 0 spiro atoms. The zero-order valence-corrected chi connectivity index (χ0v) is 11.6. The van der Waals surface area contributed by atoms with Crippen LogP contribution in [0.2, 0.25) is 0 Å². The maximum absolute atomic E-state index is 12.3. The molecule has 1 heterocycles. The second-order valence-corrected chi connectivity index (χ2v) is 5.72. The monoisotopic (exact) mass is 276 g/mol. The molecule has 3 rings (SSSR count). The number of aliphatic hydroxyl groups is 1. The van der Waals surface area contributed by atoms with Gasteiger partial charge >= 0.3 is 0 Å². The second-order valence-electron chi connectivity index (χ2n) is 5.72. The molecule has 5 nitrogen and oxygen atoms in total. The van der Waals surface area contributed by atoms with E-state index in [1.165, 1.54) is 0 Å². The highest BCUT2D eigenvalue weighted by Crippen LogP contribution is 2.44. The molecule has 0 aromatic heterocycles. The number of rotatable bonds is 4. The lowest BCUT2D eigenvalue weighted by atomic mass is 9.88. The van der Waals surface area contributed by atoms with Crippen molar-refractivity contribution in [3.8, 4) is 5.75 Å². The van der Waals surface area contributed by atoms with E-state index in [1.807, 2.05) is 6.92 Å². The van der Waals surface area contributed by atoms with Crippen LogP contribution in [0.5, 0.6) is 5.75 Å². The summed E-state index contributed by atoms with van der Waals surface area (Å²) in [5, 5.41) is 10.2. The molecule has 2 fully saturated rings. The number of hydrogen-bond donors (Lipinski definition) is 2. The number of benzene rings is 1. The van der Waals surface area contributed by atoms with E-state index >= 15 is 0 Å². The van der Waals surface area contributed by atoms with Gasteiger partial charge in [0.05, 0.1) is 25.4 Å². The van der Waals surface area contributed by atoms with Crippen LogP contribution in [0.4, 0.5) is 5.69 Å². The average Bonchev–Trinajstić information content (AvgIpc) is 3.21. The van der Waals surface area contributed by atoms with Crippen LogP contribution in [-0.2, 0) is 0 Å². The Balaban J connectivity index is 1.67. The van der Waals surface area contributed by atoms with E-state index in [2.05, 4.69) is 0 Å². The van der Waals surface area contributed by atoms with E-state index in [4.69, 9.17) is 10.5 Å². The van der Waals surface area contributed by atoms with Gasteiger partial charge in [-0.3, -0.25) is 4.79 Å². The van der Waals surface area contributed by atoms with E-state index in [1.54, 1.807) is 23.1 Å². The van der Waals surface area contributed by atoms with Gasteiger partial charge in [-0.1, -0.05) is 0 Å². The minimum absolute atomic E-state index is 0.0786. The van der Waals surface area contributed by atoms with Gasteiger partial charge in [0.15, 0.2) is 0 Å². The summed E-state index contributed by atoms with van der Waals surface area (Å²) in [6.07, 6.45) is 2.16. The third-order valence-corrected chi connectivity index (χ3v) is 4.11. The highest BCUT2D eigenvalue weighted by atomic mass is 16.5. The van der Waals surface area contributed by atoms with Crippen molar-refractivity contribution in [1.82, 2.24) is 4.90 Å². The van der Waals surface area contributed by atoms with Crippen molar-refractivity contribution in [1.29, 1.82) is 0 Å². The molecule has 108 valence electrons. The molecule has 20 heavy (non-hydrogen) atoms. The Bertz CT molecular complexity index is 534. The molecule has 1 amide bonds. The van der Waals surface area contributed by atoms with Crippen molar-refractivity contribution < 1.29 is 14.6 Å². The summed E-state index contributed by atoms with van der Waals surface area (Å²) in [7, 11) is 0. The fourth-order valence-electron chi connectivity index (χ4n) is 2.79. The first-order valence-corrected chi connectivity index (χ1v) is 7.07. The number of likely N-dealkylation sites (tertiary alicyclic amines) is 1. The SMILES string of the molecule is CCOc1ccc(C(=O)N2CC(O)(C3CC3)C2)cc1N. The minimum atomic E-state index is -0.646. The van der Waals surface area contributed by atoms with Gasteiger partial charge in [-0.05, 0) is 43.9 Å². The summed E-state index contributed by atoms with van der Waals surface area (Å²) >= 11 is 0. The van der Waals surface area contributed by atoms with Gasteiger partial charge in [-0.2, -0.15) is 0 Å². The number of carbonyl (C=O) groups excluding carboxylic acids is 1. The van der Waals surface area contributed by atoms with Crippen molar-refractivity contribution in [2.45, 2.75) is 25.4 Å². The Labute approximate surface area is 118 Å². The maximum atomic E-state index is 12.3. The molecule has 3 N–H and O–H groups in total. The second kappa shape index (κ2) is 4.66. The van der Waals surface area contributed by atoms with Crippen LogP contribution in [0, 0.1) is 5.92 Å². The first-order chi connectivity index (χ1) is 9.53. The van der Waals surface area contributed by atoms with Gasteiger partial charge in [0.2, 0.25) is 0 Å². The third-order valence-electron chi connectivity index (χ3n) is 4.11. The molecular formula is C15H20N2O3. The van der Waals surface area contributed by atoms with Crippen LogP contribution in [0.3, 0.4) is 0 Å². The molecule has 1 aromatic carbocycles. The molecule has 0 atom stereocenters. The van der Waals surface area contributed by atoms with Gasteiger partial charge in [0.1, 0.15) is 11.4 Å². The highest BCUT2D eigenvalue weighted by Gasteiger charge is 2.53.